The zero-order chi connectivity index (χ0) is 13.5. The van der Waals surface area contributed by atoms with Crippen molar-refractivity contribution in [2.45, 2.75) is 25.7 Å². The SMILES string of the molecule is Cn1cc(Oc2ncnc3sc4c(c23)CCCC4)cn1. The van der Waals surface area contributed by atoms with E-state index >= 15 is 0 Å². The molecule has 0 N–H and O–H groups in total. The van der Waals surface area contributed by atoms with Gasteiger partial charge in [0.2, 0.25) is 5.88 Å². The molecule has 0 saturated carbocycles. The van der Waals surface area contributed by atoms with E-state index in [1.54, 1.807) is 28.5 Å². The van der Waals surface area contributed by atoms with Crippen molar-refractivity contribution in [3.8, 4) is 11.6 Å². The first-order valence-electron chi connectivity index (χ1n) is 6.73. The van der Waals surface area contributed by atoms with E-state index in [1.807, 2.05) is 13.2 Å². The number of fused-ring (bicyclic) bond motifs is 3. The molecule has 0 aliphatic heterocycles. The van der Waals surface area contributed by atoms with Gasteiger partial charge in [-0.2, -0.15) is 5.10 Å². The number of aryl methyl sites for hydroxylation is 3. The highest BCUT2D eigenvalue weighted by Crippen LogP contribution is 2.39. The van der Waals surface area contributed by atoms with E-state index < -0.39 is 0 Å². The fourth-order valence-electron chi connectivity index (χ4n) is 2.70. The van der Waals surface area contributed by atoms with Crippen molar-refractivity contribution in [1.82, 2.24) is 19.7 Å². The average molecular weight is 286 g/mol. The maximum Gasteiger partial charge on any atom is 0.231 e. The van der Waals surface area contributed by atoms with E-state index in [0.29, 0.717) is 11.6 Å². The first-order chi connectivity index (χ1) is 9.81. The molecule has 0 bridgehead atoms. The number of thiophene rings is 1. The van der Waals surface area contributed by atoms with E-state index in [9.17, 15) is 0 Å². The van der Waals surface area contributed by atoms with E-state index in [1.165, 1.54) is 23.3 Å². The van der Waals surface area contributed by atoms with Crippen LogP contribution in [0.3, 0.4) is 0 Å². The van der Waals surface area contributed by atoms with Crippen LogP contribution in [0.5, 0.6) is 11.6 Å². The molecule has 0 saturated heterocycles. The van der Waals surface area contributed by atoms with E-state index in [2.05, 4.69) is 15.1 Å². The van der Waals surface area contributed by atoms with Crippen molar-refractivity contribution in [1.29, 1.82) is 0 Å². The number of nitrogens with zero attached hydrogens (tertiary/aromatic N) is 4. The van der Waals surface area contributed by atoms with E-state index in [4.69, 9.17) is 4.74 Å². The molecular formula is C14H14N4OS. The van der Waals surface area contributed by atoms with Crippen molar-refractivity contribution < 1.29 is 4.74 Å². The smallest absolute Gasteiger partial charge is 0.231 e. The minimum absolute atomic E-state index is 0.655. The molecule has 0 radical (unpaired) electrons. The Balaban J connectivity index is 1.84. The fraction of sp³-hybridized carbons (Fsp3) is 0.357. The molecule has 1 aliphatic carbocycles. The summed E-state index contributed by atoms with van der Waals surface area (Å²) >= 11 is 1.78. The third kappa shape index (κ3) is 1.87. The maximum atomic E-state index is 5.91. The molecule has 0 aromatic carbocycles. The lowest BCUT2D eigenvalue weighted by Crippen LogP contribution is -1.99. The molecule has 5 nitrogen and oxygen atoms in total. The van der Waals surface area contributed by atoms with Crippen LogP contribution in [0.2, 0.25) is 0 Å². The molecule has 0 spiro atoms. The number of aromatic nitrogens is 4. The molecule has 1 aliphatic rings. The van der Waals surface area contributed by atoms with E-state index in [0.717, 1.165) is 23.1 Å². The third-order valence-electron chi connectivity index (χ3n) is 3.61. The van der Waals surface area contributed by atoms with Crippen molar-refractivity contribution in [3.63, 3.8) is 0 Å². The van der Waals surface area contributed by atoms with Crippen molar-refractivity contribution in [3.05, 3.63) is 29.2 Å². The van der Waals surface area contributed by atoms with Gasteiger partial charge in [-0.25, -0.2) is 9.97 Å². The van der Waals surface area contributed by atoms with Crippen LogP contribution in [-0.4, -0.2) is 19.7 Å². The molecule has 0 atom stereocenters. The Morgan fingerprint density at radius 1 is 1.25 bits per heavy atom. The topological polar surface area (TPSA) is 52.8 Å². The quantitative estimate of drug-likeness (QED) is 0.726. The van der Waals surface area contributed by atoms with Crippen LogP contribution >= 0.6 is 11.3 Å². The minimum Gasteiger partial charge on any atom is -0.435 e. The van der Waals surface area contributed by atoms with Gasteiger partial charge in [-0.05, 0) is 31.2 Å². The zero-order valence-corrected chi connectivity index (χ0v) is 12.0. The maximum absolute atomic E-state index is 5.91. The van der Waals surface area contributed by atoms with Gasteiger partial charge in [0.05, 0.1) is 17.8 Å². The summed E-state index contributed by atoms with van der Waals surface area (Å²) in [5, 5.41) is 5.21. The van der Waals surface area contributed by atoms with Gasteiger partial charge < -0.3 is 4.74 Å². The number of ether oxygens (including phenoxy) is 1. The first-order valence-corrected chi connectivity index (χ1v) is 7.54. The lowest BCUT2D eigenvalue weighted by molar-refractivity contribution is 0.467. The van der Waals surface area contributed by atoms with Crippen molar-refractivity contribution >= 4 is 21.6 Å². The average Bonchev–Trinajstić information content (AvgIpc) is 3.02. The van der Waals surface area contributed by atoms with Gasteiger partial charge in [0, 0.05) is 11.9 Å². The highest BCUT2D eigenvalue weighted by atomic mass is 32.1. The Labute approximate surface area is 120 Å². The van der Waals surface area contributed by atoms with Crippen molar-refractivity contribution in [2.24, 2.45) is 7.05 Å². The third-order valence-corrected chi connectivity index (χ3v) is 4.81. The van der Waals surface area contributed by atoms with Gasteiger partial charge in [0.1, 0.15) is 11.2 Å². The Hall–Kier alpha value is -1.95. The lowest BCUT2D eigenvalue weighted by atomic mass is 9.97. The number of hydrogen-bond donors (Lipinski definition) is 0. The number of rotatable bonds is 2. The van der Waals surface area contributed by atoms with Crippen LogP contribution in [0.25, 0.3) is 10.2 Å². The summed E-state index contributed by atoms with van der Waals surface area (Å²) < 4.78 is 7.63. The summed E-state index contributed by atoms with van der Waals surface area (Å²) in [6.07, 6.45) is 9.89. The van der Waals surface area contributed by atoms with Crippen molar-refractivity contribution in [2.75, 3.05) is 0 Å². The molecule has 4 rings (SSSR count). The van der Waals surface area contributed by atoms with Crippen LogP contribution in [0.15, 0.2) is 18.7 Å². The monoisotopic (exact) mass is 286 g/mol. The second-order valence-electron chi connectivity index (χ2n) is 5.02. The second-order valence-corrected chi connectivity index (χ2v) is 6.11. The summed E-state index contributed by atoms with van der Waals surface area (Å²) in [7, 11) is 1.87. The van der Waals surface area contributed by atoms with Crippen LogP contribution < -0.4 is 4.74 Å². The molecule has 0 unspecified atom stereocenters. The molecule has 6 heteroatoms. The van der Waals surface area contributed by atoms with Crippen LogP contribution in [0.4, 0.5) is 0 Å². The summed E-state index contributed by atoms with van der Waals surface area (Å²) in [5.74, 6) is 1.37. The summed E-state index contributed by atoms with van der Waals surface area (Å²) in [6.45, 7) is 0. The predicted octanol–water partition coefficient (Wildman–Crippen LogP) is 3.10. The molecule has 3 aromatic rings. The summed E-state index contributed by atoms with van der Waals surface area (Å²) in [4.78, 5) is 11.2. The first kappa shape index (κ1) is 11.8. The van der Waals surface area contributed by atoms with Crippen LogP contribution in [0.1, 0.15) is 23.3 Å². The van der Waals surface area contributed by atoms with Gasteiger partial charge in [0.25, 0.3) is 0 Å². The van der Waals surface area contributed by atoms with Gasteiger partial charge >= 0.3 is 0 Å². The van der Waals surface area contributed by atoms with Crippen LogP contribution in [-0.2, 0) is 19.9 Å². The minimum atomic E-state index is 0.655. The lowest BCUT2D eigenvalue weighted by Gasteiger charge is -2.11. The molecule has 0 fully saturated rings. The second kappa shape index (κ2) is 4.56. The Kier molecular flexibility index (Phi) is 2.70. The normalized spacial score (nSPS) is 14.4. The molecule has 3 aromatic heterocycles. The molecule has 102 valence electrons. The summed E-state index contributed by atoms with van der Waals surface area (Å²) in [5.41, 5.74) is 1.38. The van der Waals surface area contributed by atoms with Gasteiger partial charge in [0.15, 0.2) is 5.75 Å². The Morgan fingerprint density at radius 2 is 2.15 bits per heavy atom. The molecule has 0 amide bonds. The fourth-order valence-corrected chi connectivity index (χ4v) is 3.92. The van der Waals surface area contributed by atoms with E-state index in [-0.39, 0.29) is 0 Å². The zero-order valence-electron chi connectivity index (χ0n) is 11.2. The summed E-state index contributed by atoms with van der Waals surface area (Å²) in [6, 6.07) is 0. The molecular weight excluding hydrogens is 272 g/mol. The standard InChI is InChI=1S/C14H14N4OS/c1-18-7-9(6-17-18)19-13-12-10-4-2-3-5-11(10)20-14(12)16-8-15-13/h6-8H,2-5H2,1H3. The largest absolute Gasteiger partial charge is 0.435 e. The Bertz CT molecular complexity index is 777. The highest BCUT2D eigenvalue weighted by molar-refractivity contribution is 7.18. The predicted molar refractivity (Wildman–Crippen MR) is 77.3 cm³/mol. The number of hydrogen-bond acceptors (Lipinski definition) is 5. The molecule has 3 heterocycles. The molecule has 20 heavy (non-hydrogen) atoms. The van der Waals surface area contributed by atoms with Crippen LogP contribution in [0, 0.1) is 0 Å². The van der Waals surface area contributed by atoms with Gasteiger partial charge in [-0.3, -0.25) is 4.68 Å². The van der Waals surface area contributed by atoms with Gasteiger partial charge in [-0.1, -0.05) is 0 Å². The van der Waals surface area contributed by atoms with Gasteiger partial charge in [-0.15, -0.1) is 11.3 Å². The Morgan fingerprint density at radius 3 is 3.00 bits per heavy atom. The highest BCUT2D eigenvalue weighted by Gasteiger charge is 2.20.